The van der Waals surface area contributed by atoms with Gasteiger partial charge in [-0.05, 0) is 25.8 Å². The molecule has 0 spiro atoms. The fourth-order valence-electron chi connectivity index (χ4n) is 2.49. The number of furan rings is 1. The lowest BCUT2D eigenvalue weighted by Crippen LogP contribution is -2.27. The molecule has 2 aromatic rings. The third kappa shape index (κ3) is 2.75. The first kappa shape index (κ1) is 13.2. The van der Waals surface area contributed by atoms with Gasteiger partial charge >= 0.3 is 0 Å². The molecule has 0 aliphatic rings. The molecule has 2 nitrogen and oxygen atoms in total. The van der Waals surface area contributed by atoms with Crippen molar-refractivity contribution in [1.82, 2.24) is 5.32 Å². The largest absolute Gasteiger partial charge is 0.461 e. The summed E-state index contributed by atoms with van der Waals surface area (Å²) in [5, 5.41) is 4.89. The summed E-state index contributed by atoms with van der Waals surface area (Å²) in [5.41, 5.74) is 2.30. The molecule has 1 unspecified atom stereocenters. The van der Waals surface area contributed by atoms with Crippen LogP contribution in [0.1, 0.15) is 44.4 Å². The minimum atomic E-state index is 0.614. The summed E-state index contributed by atoms with van der Waals surface area (Å²) in [6.45, 7) is 7.44. The van der Waals surface area contributed by atoms with Gasteiger partial charge < -0.3 is 9.73 Å². The van der Waals surface area contributed by atoms with Crippen LogP contribution < -0.4 is 5.32 Å². The minimum Gasteiger partial charge on any atom is -0.461 e. The van der Waals surface area contributed by atoms with Gasteiger partial charge in [0.15, 0.2) is 0 Å². The quantitative estimate of drug-likeness (QED) is 0.815. The average Bonchev–Trinajstić information content (AvgIpc) is 2.70. The molecule has 1 aromatic carbocycles. The summed E-state index contributed by atoms with van der Waals surface area (Å²) in [5.74, 6) is 1.04. The fraction of sp³-hybridized carbons (Fsp3) is 0.500. The van der Waals surface area contributed by atoms with Crippen LogP contribution in [0.5, 0.6) is 0 Å². The standard InChI is InChI=1S/C16H23NO/c1-4-8-13(5-2)17-11-15-12(3)18-16-10-7-6-9-14(15)16/h6-7,9-10,13,17H,4-5,8,11H2,1-3H3. The lowest BCUT2D eigenvalue weighted by molar-refractivity contribution is 0.459. The smallest absolute Gasteiger partial charge is 0.134 e. The van der Waals surface area contributed by atoms with Crippen LogP contribution in [0.25, 0.3) is 11.0 Å². The van der Waals surface area contributed by atoms with Crippen molar-refractivity contribution in [2.24, 2.45) is 0 Å². The van der Waals surface area contributed by atoms with Crippen LogP contribution in [-0.4, -0.2) is 6.04 Å². The molecule has 1 aromatic heterocycles. The predicted molar refractivity (Wildman–Crippen MR) is 76.8 cm³/mol. The maximum Gasteiger partial charge on any atom is 0.134 e. The zero-order valence-electron chi connectivity index (χ0n) is 11.6. The highest BCUT2D eigenvalue weighted by Gasteiger charge is 2.11. The summed E-state index contributed by atoms with van der Waals surface area (Å²) >= 11 is 0. The normalized spacial score (nSPS) is 13.1. The molecule has 98 valence electrons. The number of fused-ring (bicyclic) bond motifs is 1. The zero-order chi connectivity index (χ0) is 13.0. The molecular formula is C16H23NO. The van der Waals surface area contributed by atoms with Crippen LogP contribution in [0.3, 0.4) is 0 Å². The molecule has 0 saturated heterocycles. The number of aryl methyl sites for hydroxylation is 1. The molecule has 0 radical (unpaired) electrons. The molecule has 1 heterocycles. The highest BCUT2D eigenvalue weighted by molar-refractivity contribution is 5.82. The van der Waals surface area contributed by atoms with Gasteiger partial charge in [0, 0.05) is 23.5 Å². The predicted octanol–water partition coefficient (Wildman–Crippen LogP) is 4.41. The van der Waals surface area contributed by atoms with Crippen molar-refractivity contribution in [1.29, 1.82) is 0 Å². The van der Waals surface area contributed by atoms with Crippen LogP contribution in [0.15, 0.2) is 28.7 Å². The van der Waals surface area contributed by atoms with E-state index in [2.05, 4.69) is 38.2 Å². The number of hydrogen-bond acceptors (Lipinski definition) is 2. The van der Waals surface area contributed by atoms with Crippen molar-refractivity contribution in [3.8, 4) is 0 Å². The molecule has 2 rings (SSSR count). The van der Waals surface area contributed by atoms with E-state index in [0.29, 0.717) is 6.04 Å². The van der Waals surface area contributed by atoms with Crippen LogP contribution in [-0.2, 0) is 6.54 Å². The van der Waals surface area contributed by atoms with Crippen molar-refractivity contribution in [2.45, 2.75) is 52.6 Å². The Bertz CT molecular complexity index is 501. The maximum absolute atomic E-state index is 5.78. The second-order valence-electron chi connectivity index (χ2n) is 4.91. The molecule has 0 fully saturated rings. The van der Waals surface area contributed by atoms with E-state index in [0.717, 1.165) is 17.9 Å². The Morgan fingerprint density at radius 3 is 2.72 bits per heavy atom. The van der Waals surface area contributed by atoms with Crippen LogP contribution in [0.2, 0.25) is 0 Å². The molecule has 0 aliphatic carbocycles. The van der Waals surface area contributed by atoms with Gasteiger partial charge in [0.05, 0.1) is 0 Å². The summed E-state index contributed by atoms with van der Waals surface area (Å²) in [6, 6.07) is 8.89. The Balaban J connectivity index is 2.13. The van der Waals surface area contributed by atoms with Crippen molar-refractivity contribution < 1.29 is 4.42 Å². The van der Waals surface area contributed by atoms with E-state index in [1.165, 1.54) is 30.2 Å². The monoisotopic (exact) mass is 245 g/mol. The van der Waals surface area contributed by atoms with Crippen molar-refractivity contribution in [2.75, 3.05) is 0 Å². The Hall–Kier alpha value is -1.28. The molecule has 0 saturated carbocycles. The van der Waals surface area contributed by atoms with E-state index in [1.54, 1.807) is 0 Å². The number of nitrogens with one attached hydrogen (secondary N) is 1. The van der Waals surface area contributed by atoms with Crippen LogP contribution in [0, 0.1) is 6.92 Å². The van der Waals surface area contributed by atoms with Gasteiger partial charge in [-0.2, -0.15) is 0 Å². The summed E-state index contributed by atoms with van der Waals surface area (Å²) in [4.78, 5) is 0. The second-order valence-corrected chi connectivity index (χ2v) is 4.91. The van der Waals surface area contributed by atoms with Gasteiger partial charge in [-0.15, -0.1) is 0 Å². The highest BCUT2D eigenvalue weighted by Crippen LogP contribution is 2.25. The summed E-state index contributed by atoms with van der Waals surface area (Å²) < 4.78 is 5.78. The van der Waals surface area contributed by atoms with Crippen molar-refractivity contribution >= 4 is 11.0 Å². The third-order valence-corrected chi connectivity index (χ3v) is 3.60. The lowest BCUT2D eigenvalue weighted by Gasteiger charge is -2.15. The number of para-hydroxylation sites is 1. The van der Waals surface area contributed by atoms with Gasteiger partial charge in [-0.1, -0.05) is 38.5 Å². The first-order chi connectivity index (χ1) is 8.76. The SMILES string of the molecule is CCCC(CC)NCc1c(C)oc2ccccc12. The Morgan fingerprint density at radius 2 is 2.00 bits per heavy atom. The first-order valence-electron chi connectivity index (χ1n) is 6.96. The molecular weight excluding hydrogens is 222 g/mol. The maximum atomic E-state index is 5.78. The number of hydrogen-bond donors (Lipinski definition) is 1. The van der Waals surface area contributed by atoms with Gasteiger partial charge in [0.1, 0.15) is 11.3 Å². The van der Waals surface area contributed by atoms with Gasteiger partial charge in [-0.25, -0.2) is 0 Å². The molecule has 1 N–H and O–H groups in total. The van der Waals surface area contributed by atoms with Crippen molar-refractivity contribution in [3.63, 3.8) is 0 Å². The molecule has 0 amide bonds. The number of benzene rings is 1. The van der Waals surface area contributed by atoms with E-state index in [-0.39, 0.29) is 0 Å². The molecule has 1 atom stereocenters. The lowest BCUT2D eigenvalue weighted by atomic mass is 10.1. The van der Waals surface area contributed by atoms with Crippen molar-refractivity contribution in [3.05, 3.63) is 35.6 Å². The topological polar surface area (TPSA) is 25.2 Å². The summed E-state index contributed by atoms with van der Waals surface area (Å²) in [7, 11) is 0. The third-order valence-electron chi connectivity index (χ3n) is 3.60. The van der Waals surface area contributed by atoms with E-state index < -0.39 is 0 Å². The molecule has 2 heteroatoms. The Kier molecular flexibility index (Phi) is 4.43. The van der Waals surface area contributed by atoms with E-state index >= 15 is 0 Å². The van der Waals surface area contributed by atoms with E-state index in [1.807, 2.05) is 12.1 Å². The van der Waals surface area contributed by atoms with E-state index in [4.69, 9.17) is 4.42 Å². The zero-order valence-corrected chi connectivity index (χ0v) is 11.6. The number of rotatable bonds is 6. The van der Waals surface area contributed by atoms with Crippen LogP contribution >= 0.6 is 0 Å². The summed E-state index contributed by atoms with van der Waals surface area (Å²) in [6.07, 6.45) is 3.66. The van der Waals surface area contributed by atoms with Crippen LogP contribution in [0.4, 0.5) is 0 Å². The Labute approximate surface area is 109 Å². The molecule has 0 bridgehead atoms. The first-order valence-corrected chi connectivity index (χ1v) is 6.96. The fourth-order valence-corrected chi connectivity index (χ4v) is 2.49. The average molecular weight is 245 g/mol. The highest BCUT2D eigenvalue weighted by atomic mass is 16.3. The van der Waals surface area contributed by atoms with Gasteiger partial charge in [0.25, 0.3) is 0 Å². The van der Waals surface area contributed by atoms with Gasteiger partial charge in [0.2, 0.25) is 0 Å². The van der Waals surface area contributed by atoms with E-state index in [9.17, 15) is 0 Å². The molecule has 0 aliphatic heterocycles. The minimum absolute atomic E-state index is 0.614. The van der Waals surface area contributed by atoms with Gasteiger partial charge in [-0.3, -0.25) is 0 Å². The second kappa shape index (κ2) is 6.05. The Morgan fingerprint density at radius 1 is 1.22 bits per heavy atom. The molecule has 18 heavy (non-hydrogen) atoms.